The fraction of sp³-hybridized carbons (Fsp3) is 0.533. The molecule has 1 aromatic carbocycles. The normalized spacial score (nSPS) is 21.0. The molecule has 2 rings (SSSR count). The van der Waals surface area contributed by atoms with Crippen LogP contribution in [0.1, 0.15) is 25.8 Å². The Labute approximate surface area is 125 Å². The molecule has 0 spiro atoms. The molecule has 1 N–H and O–H groups in total. The summed E-state index contributed by atoms with van der Waals surface area (Å²) >= 11 is 0. The number of rotatable bonds is 4. The van der Waals surface area contributed by atoms with Crippen molar-refractivity contribution in [1.82, 2.24) is 5.32 Å². The molecule has 0 aromatic heterocycles. The minimum absolute atomic E-state index is 0.0391. The number of hydrogen-bond donors (Lipinski definition) is 1. The van der Waals surface area contributed by atoms with E-state index in [0.29, 0.717) is 6.42 Å². The zero-order chi connectivity index (χ0) is 15.7. The van der Waals surface area contributed by atoms with Crippen molar-refractivity contribution in [2.24, 2.45) is 0 Å². The minimum Gasteiger partial charge on any atom is -0.497 e. The van der Waals surface area contributed by atoms with Gasteiger partial charge in [0.05, 0.1) is 24.0 Å². The van der Waals surface area contributed by atoms with Crippen molar-refractivity contribution >= 4 is 15.7 Å². The number of nitrogens with one attached hydrogen (secondary N) is 1. The zero-order valence-corrected chi connectivity index (χ0v) is 13.4. The number of benzene rings is 1. The van der Waals surface area contributed by atoms with Crippen molar-refractivity contribution in [2.75, 3.05) is 18.6 Å². The first-order chi connectivity index (χ1) is 9.74. The molecule has 1 aromatic rings. The third kappa shape index (κ3) is 3.56. The number of ether oxygens (including phenoxy) is 1. The Morgan fingerprint density at radius 1 is 1.29 bits per heavy atom. The van der Waals surface area contributed by atoms with Gasteiger partial charge in [0.2, 0.25) is 5.91 Å². The van der Waals surface area contributed by atoms with E-state index in [-0.39, 0.29) is 23.5 Å². The lowest BCUT2D eigenvalue weighted by Crippen LogP contribution is -2.45. The Balaban J connectivity index is 2.09. The van der Waals surface area contributed by atoms with E-state index in [1.54, 1.807) is 7.11 Å². The van der Waals surface area contributed by atoms with Crippen LogP contribution in [0.4, 0.5) is 0 Å². The highest BCUT2D eigenvalue weighted by atomic mass is 32.2. The molecule has 1 aliphatic heterocycles. The summed E-state index contributed by atoms with van der Waals surface area (Å²) in [6, 6.07) is 7.04. The van der Waals surface area contributed by atoms with Crippen LogP contribution in [0.3, 0.4) is 0 Å². The molecule has 6 heteroatoms. The van der Waals surface area contributed by atoms with Crippen molar-refractivity contribution in [3.63, 3.8) is 0 Å². The summed E-state index contributed by atoms with van der Waals surface area (Å²) in [6.45, 7) is 3.65. The molecule has 1 aliphatic rings. The predicted octanol–water partition coefficient (Wildman–Crippen LogP) is 1.28. The molecule has 0 bridgehead atoms. The number of carbonyl (C=O) groups excluding carboxylic acids is 1. The van der Waals surface area contributed by atoms with Crippen molar-refractivity contribution in [2.45, 2.75) is 31.7 Å². The average Bonchev–Trinajstić information content (AvgIpc) is 2.78. The molecule has 1 fully saturated rings. The van der Waals surface area contributed by atoms with Crippen LogP contribution in [-0.4, -0.2) is 39.0 Å². The van der Waals surface area contributed by atoms with E-state index < -0.39 is 15.3 Å². The highest BCUT2D eigenvalue weighted by Gasteiger charge is 2.35. The smallest absolute Gasteiger partial charge is 0.230 e. The van der Waals surface area contributed by atoms with Crippen LogP contribution in [0.5, 0.6) is 5.75 Å². The highest BCUT2D eigenvalue weighted by Crippen LogP contribution is 2.26. The standard InChI is InChI=1S/C15H21NO4S/c1-15(2,11-4-6-13(20-3)7-5-11)14(17)16-12-8-9-21(18,19)10-12/h4-7,12H,8-10H2,1-3H3,(H,16,17). The number of sulfone groups is 1. The van der Waals surface area contributed by atoms with Crippen molar-refractivity contribution in [3.8, 4) is 5.75 Å². The summed E-state index contributed by atoms with van der Waals surface area (Å²) in [5.74, 6) is 0.768. The van der Waals surface area contributed by atoms with Crippen LogP contribution in [0.15, 0.2) is 24.3 Å². The van der Waals surface area contributed by atoms with Gasteiger partial charge in [0, 0.05) is 6.04 Å². The van der Waals surface area contributed by atoms with E-state index in [9.17, 15) is 13.2 Å². The van der Waals surface area contributed by atoms with Gasteiger partial charge >= 0.3 is 0 Å². The maximum atomic E-state index is 12.4. The summed E-state index contributed by atoms with van der Waals surface area (Å²) in [7, 11) is -1.40. The molecule has 0 saturated carbocycles. The second kappa shape index (κ2) is 5.67. The van der Waals surface area contributed by atoms with Gasteiger partial charge in [0.15, 0.2) is 9.84 Å². The molecule has 0 radical (unpaired) electrons. The quantitative estimate of drug-likeness (QED) is 0.909. The molecular formula is C15H21NO4S. The van der Waals surface area contributed by atoms with Gasteiger partial charge in [-0.1, -0.05) is 12.1 Å². The van der Waals surface area contributed by atoms with E-state index in [4.69, 9.17) is 4.74 Å². The second-order valence-corrected chi connectivity index (χ2v) is 8.16. The Kier molecular flexibility index (Phi) is 4.27. The Bertz CT molecular complexity index is 620. The first-order valence-electron chi connectivity index (χ1n) is 6.90. The Morgan fingerprint density at radius 3 is 2.38 bits per heavy atom. The van der Waals surface area contributed by atoms with Gasteiger partial charge in [-0.25, -0.2) is 8.42 Å². The largest absolute Gasteiger partial charge is 0.497 e. The first kappa shape index (κ1) is 15.8. The van der Waals surface area contributed by atoms with E-state index in [1.165, 1.54) is 0 Å². The number of hydrogen-bond acceptors (Lipinski definition) is 4. The van der Waals surface area contributed by atoms with Gasteiger partial charge in [0.1, 0.15) is 5.75 Å². The second-order valence-electron chi connectivity index (χ2n) is 5.93. The summed E-state index contributed by atoms with van der Waals surface area (Å²) in [5, 5.41) is 2.85. The average molecular weight is 311 g/mol. The van der Waals surface area contributed by atoms with Gasteiger partial charge in [0.25, 0.3) is 0 Å². The van der Waals surface area contributed by atoms with Gasteiger partial charge in [-0.15, -0.1) is 0 Å². The Morgan fingerprint density at radius 2 is 1.90 bits per heavy atom. The molecule has 21 heavy (non-hydrogen) atoms. The molecule has 116 valence electrons. The summed E-state index contributed by atoms with van der Waals surface area (Å²) in [6.07, 6.45) is 0.493. The zero-order valence-electron chi connectivity index (χ0n) is 12.5. The van der Waals surface area contributed by atoms with Crippen LogP contribution in [0.2, 0.25) is 0 Å². The molecule has 1 heterocycles. The van der Waals surface area contributed by atoms with E-state index >= 15 is 0 Å². The van der Waals surface area contributed by atoms with Crippen molar-refractivity contribution < 1.29 is 17.9 Å². The third-order valence-corrected chi connectivity index (χ3v) is 5.71. The van der Waals surface area contributed by atoms with Crippen LogP contribution >= 0.6 is 0 Å². The molecule has 1 saturated heterocycles. The molecular weight excluding hydrogens is 290 g/mol. The van der Waals surface area contributed by atoms with E-state index in [0.717, 1.165) is 11.3 Å². The summed E-state index contributed by atoms with van der Waals surface area (Å²) in [5.41, 5.74) is 0.139. The van der Waals surface area contributed by atoms with Crippen LogP contribution < -0.4 is 10.1 Å². The molecule has 1 atom stereocenters. The Hall–Kier alpha value is -1.56. The monoisotopic (exact) mass is 311 g/mol. The number of carbonyl (C=O) groups is 1. The summed E-state index contributed by atoms with van der Waals surface area (Å²) < 4.78 is 28.0. The van der Waals surface area contributed by atoms with Crippen LogP contribution in [0, 0.1) is 0 Å². The fourth-order valence-corrected chi connectivity index (χ4v) is 4.09. The van der Waals surface area contributed by atoms with Gasteiger partial charge in [-0.3, -0.25) is 4.79 Å². The number of amides is 1. The number of methoxy groups -OCH3 is 1. The lowest BCUT2D eigenvalue weighted by Gasteiger charge is -2.26. The third-order valence-electron chi connectivity index (χ3n) is 3.95. The molecule has 1 amide bonds. The topological polar surface area (TPSA) is 72.5 Å². The molecule has 0 aliphatic carbocycles. The lowest BCUT2D eigenvalue weighted by atomic mass is 9.83. The maximum absolute atomic E-state index is 12.4. The van der Waals surface area contributed by atoms with Gasteiger partial charge in [-0.05, 0) is 38.0 Å². The van der Waals surface area contributed by atoms with Crippen LogP contribution in [-0.2, 0) is 20.0 Å². The van der Waals surface area contributed by atoms with E-state index in [2.05, 4.69) is 5.32 Å². The maximum Gasteiger partial charge on any atom is 0.230 e. The molecule has 5 nitrogen and oxygen atoms in total. The van der Waals surface area contributed by atoms with Crippen molar-refractivity contribution in [1.29, 1.82) is 0 Å². The van der Waals surface area contributed by atoms with Crippen molar-refractivity contribution in [3.05, 3.63) is 29.8 Å². The van der Waals surface area contributed by atoms with Crippen LogP contribution in [0.25, 0.3) is 0 Å². The summed E-state index contributed by atoms with van der Waals surface area (Å²) in [4.78, 5) is 12.4. The fourth-order valence-electron chi connectivity index (χ4n) is 2.41. The predicted molar refractivity (Wildman–Crippen MR) is 81.2 cm³/mol. The first-order valence-corrected chi connectivity index (χ1v) is 8.73. The lowest BCUT2D eigenvalue weighted by molar-refractivity contribution is -0.126. The van der Waals surface area contributed by atoms with Gasteiger partial charge < -0.3 is 10.1 Å². The highest BCUT2D eigenvalue weighted by molar-refractivity contribution is 7.91. The van der Waals surface area contributed by atoms with Gasteiger partial charge in [-0.2, -0.15) is 0 Å². The SMILES string of the molecule is COc1ccc(C(C)(C)C(=O)NC2CCS(=O)(=O)C2)cc1. The molecule has 1 unspecified atom stereocenters. The minimum atomic E-state index is -2.99. The van der Waals surface area contributed by atoms with E-state index in [1.807, 2.05) is 38.1 Å².